The van der Waals surface area contributed by atoms with Gasteiger partial charge in [-0.05, 0) is 5.56 Å². The summed E-state index contributed by atoms with van der Waals surface area (Å²) in [6.07, 6.45) is -1.16. The predicted molar refractivity (Wildman–Crippen MR) is 65.3 cm³/mol. The van der Waals surface area contributed by atoms with Crippen LogP contribution in [0.2, 0.25) is 0 Å². The van der Waals surface area contributed by atoms with Crippen LogP contribution in [0, 0.1) is 5.41 Å². The van der Waals surface area contributed by atoms with Crippen LogP contribution in [0.5, 0.6) is 0 Å². The Hall–Kier alpha value is -1.39. The maximum atomic E-state index is 11.7. The van der Waals surface area contributed by atoms with Crippen LogP contribution in [0.4, 0.5) is 0 Å². The van der Waals surface area contributed by atoms with Crippen molar-refractivity contribution < 1.29 is 15.0 Å². The summed E-state index contributed by atoms with van der Waals surface area (Å²) in [5.74, 6) is -0.447. The fraction of sp³-hybridized carbons (Fsp3) is 0.462. The number of aliphatic hydroxyl groups excluding tert-OH is 2. The molecule has 0 saturated heterocycles. The highest BCUT2D eigenvalue weighted by atomic mass is 16.3. The van der Waals surface area contributed by atoms with Gasteiger partial charge in [-0.1, -0.05) is 44.2 Å². The molecule has 0 aromatic heterocycles. The average molecular weight is 237 g/mol. The van der Waals surface area contributed by atoms with Crippen LogP contribution < -0.4 is 5.32 Å². The fourth-order valence-corrected chi connectivity index (χ4v) is 1.27. The standard InChI is InChI=1S/C13H19NO3/c1-13(2,9-15)8-14-12(17)11(16)10-6-4-3-5-7-10/h3-7,11,15-16H,8-9H2,1-2H3,(H,14,17)/t11-/m1/s1. The molecule has 94 valence electrons. The normalized spacial score (nSPS) is 13.2. The zero-order chi connectivity index (χ0) is 12.9. The van der Waals surface area contributed by atoms with Gasteiger partial charge >= 0.3 is 0 Å². The lowest BCUT2D eigenvalue weighted by molar-refractivity contribution is -0.130. The Kier molecular flexibility index (Phi) is 4.66. The summed E-state index contributed by atoms with van der Waals surface area (Å²) >= 11 is 0. The number of amides is 1. The Bertz CT molecular complexity index is 362. The Morgan fingerprint density at radius 1 is 1.35 bits per heavy atom. The van der Waals surface area contributed by atoms with E-state index < -0.39 is 12.0 Å². The first kappa shape index (κ1) is 13.7. The molecule has 0 aliphatic rings. The molecule has 0 saturated carbocycles. The lowest BCUT2D eigenvalue weighted by atomic mass is 9.95. The van der Waals surface area contributed by atoms with Crippen molar-refractivity contribution in [2.24, 2.45) is 5.41 Å². The third-order valence-electron chi connectivity index (χ3n) is 2.53. The summed E-state index contributed by atoms with van der Waals surface area (Å²) in [6, 6.07) is 8.75. The van der Waals surface area contributed by atoms with Crippen LogP contribution in [-0.4, -0.2) is 29.3 Å². The molecule has 0 unspecified atom stereocenters. The smallest absolute Gasteiger partial charge is 0.253 e. The Labute approximate surface area is 101 Å². The number of carbonyl (C=O) groups is 1. The van der Waals surface area contributed by atoms with E-state index in [0.29, 0.717) is 12.1 Å². The maximum Gasteiger partial charge on any atom is 0.253 e. The summed E-state index contributed by atoms with van der Waals surface area (Å²) in [6.45, 7) is 3.98. The zero-order valence-electron chi connectivity index (χ0n) is 10.2. The highest BCUT2D eigenvalue weighted by Crippen LogP contribution is 2.14. The van der Waals surface area contributed by atoms with Gasteiger partial charge in [-0.3, -0.25) is 4.79 Å². The number of hydrogen-bond acceptors (Lipinski definition) is 3. The summed E-state index contributed by atoms with van der Waals surface area (Å²) in [5, 5.41) is 21.5. The van der Waals surface area contributed by atoms with Crippen LogP contribution in [0.1, 0.15) is 25.5 Å². The largest absolute Gasteiger partial charge is 0.396 e. The molecule has 0 aliphatic carbocycles. The molecule has 1 aromatic carbocycles. The van der Waals surface area contributed by atoms with Gasteiger partial charge in [-0.2, -0.15) is 0 Å². The van der Waals surface area contributed by atoms with Crippen molar-refractivity contribution in [3.8, 4) is 0 Å². The topological polar surface area (TPSA) is 69.6 Å². The van der Waals surface area contributed by atoms with Crippen LogP contribution in [0.15, 0.2) is 30.3 Å². The quantitative estimate of drug-likeness (QED) is 0.711. The zero-order valence-corrected chi connectivity index (χ0v) is 10.2. The first-order valence-corrected chi connectivity index (χ1v) is 5.58. The van der Waals surface area contributed by atoms with E-state index in [-0.39, 0.29) is 12.0 Å². The summed E-state index contributed by atoms with van der Waals surface area (Å²) in [5.41, 5.74) is 0.179. The van der Waals surface area contributed by atoms with Gasteiger partial charge in [0.15, 0.2) is 6.10 Å². The molecule has 1 atom stereocenters. The van der Waals surface area contributed by atoms with Crippen molar-refractivity contribution >= 4 is 5.91 Å². The molecule has 4 nitrogen and oxygen atoms in total. The molecule has 3 N–H and O–H groups in total. The lowest BCUT2D eigenvalue weighted by Gasteiger charge is -2.22. The molecule has 0 aliphatic heterocycles. The molecule has 1 amide bonds. The van der Waals surface area contributed by atoms with Gasteiger partial charge in [0.1, 0.15) is 0 Å². The van der Waals surface area contributed by atoms with Crippen molar-refractivity contribution in [2.45, 2.75) is 20.0 Å². The monoisotopic (exact) mass is 237 g/mol. The highest BCUT2D eigenvalue weighted by Gasteiger charge is 2.21. The molecular formula is C13H19NO3. The van der Waals surface area contributed by atoms with Gasteiger partial charge < -0.3 is 15.5 Å². The van der Waals surface area contributed by atoms with E-state index in [1.807, 2.05) is 19.9 Å². The number of aliphatic hydroxyl groups is 2. The Morgan fingerprint density at radius 3 is 2.47 bits per heavy atom. The Morgan fingerprint density at radius 2 is 1.94 bits per heavy atom. The van der Waals surface area contributed by atoms with E-state index in [1.165, 1.54) is 0 Å². The van der Waals surface area contributed by atoms with Gasteiger partial charge in [0, 0.05) is 18.6 Å². The number of benzene rings is 1. The third kappa shape index (κ3) is 4.17. The molecule has 4 heteroatoms. The van der Waals surface area contributed by atoms with E-state index >= 15 is 0 Å². The van der Waals surface area contributed by atoms with Gasteiger partial charge in [-0.25, -0.2) is 0 Å². The molecular weight excluding hydrogens is 218 g/mol. The van der Waals surface area contributed by atoms with Crippen LogP contribution in [-0.2, 0) is 4.79 Å². The molecule has 1 rings (SSSR count). The van der Waals surface area contributed by atoms with E-state index in [1.54, 1.807) is 24.3 Å². The fourth-order valence-electron chi connectivity index (χ4n) is 1.27. The number of nitrogens with one attached hydrogen (secondary N) is 1. The SMILES string of the molecule is CC(C)(CO)CNC(=O)[C@H](O)c1ccccc1. The van der Waals surface area contributed by atoms with Gasteiger partial charge in [0.25, 0.3) is 5.91 Å². The van der Waals surface area contributed by atoms with Crippen molar-refractivity contribution in [1.82, 2.24) is 5.32 Å². The minimum absolute atomic E-state index is 0.0191. The van der Waals surface area contributed by atoms with Gasteiger partial charge in [0.05, 0.1) is 0 Å². The minimum Gasteiger partial charge on any atom is -0.396 e. The van der Waals surface area contributed by atoms with E-state index in [0.717, 1.165) is 0 Å². The average Bonchev–Trinajstić information content (AvgIpc) is 2.36. The first-order valence-electron chi connectivity index (χ1n) is 5.58. The molecule has 0 fully saturated rings. The summed E-state index contributed by atoms with van der Waals surface area (Å²) in [4.78, 5) is 11.7. The number of rotatable bonds is 5. The van der Waals surface area contributed by atoms with E-state index in [2.05, 4.69) is 5.32 Å². The van der Waals surface area contributed by atoms with Crippen LogP contribution in [0.25, 0.3) is 0 Å². The highest BCUT2D eigenvalue weighted by molar-refractivity contribution is 5.81. The lowest BCUT2D eigenvalue weighted by Crippen LogP contribution is -2.38. The molecule has 0 bridgehead atoms. The third-order valence-corrected chi connectivity index (χ3v) is 2.53. The number of hydrogen-bond donors (Lipinski definition) is 3. The molecule has 0 radical (unpaired) electrons. The minimum atomic E-state index is -1.16. The Balaban J connectivity index is 2.54. The van der Waals surface area contributed by atoms with E-state index in [4.69, 9.17) is 5.11 Å². The second kappa shape index (κ2) is 5.80. The maximum absolute atomic E-state index is 11.7. The second-order valence-corrected chi connectivity index (χ2v) is 4.85. The van der Waals surface area contributed by atoms with Crippen LogP contribution >= 0.6 is 0 Å². The van der Waals surface area contributed by atoms with Gasteiger partial charge in [0.2, 0.25) is 0 Å². The first-order chi connectivity index (χ1) is 7.96. The summed E-state index contributed by atoms with van der Waals surface area (Å²) in [7, 11) is 0. The molecule has 17 heavy (non-hydrogen) atoms. The van der Waals surface area contributed by atoms with Crippen molar-refractivity contribution in [1.29, 1.82) is 0 Å². The summed E-state index contributed by atoms with van der Waals surface area (Å²) < 4.78 is 0. The van der Waals surface area contributed by atoms with Crippen molar-refractivity contribution in [3.63, 3.8) is 0 Å². The van der Waals surface area contributed by atoms with Gasteiger partial charge in [-0.15, -0.1) is 0 Å². The van der Waals surface area contributed by atoms with Crippen LogP contribution in [0.3, 0.4) is 0 Å². The molecule has 0 spiro atoms. The predicted octanol–water partition coefficient (Wildman–Crippen LogP) is 0.855. The second-order valence-electron chi connectivity index (χ2n) is 4.85. The van der Waals surface area contributed by atoms with Crippen molar-refractivity contribution in [3.05, 3.63) is 35.9 Å². The molecule has 0 heterocycles. The molecule has 1 aromatic rings. The van der Waals surface area contributed by atoms with E-state index in [9.17, 15) is 9.90 Å². The van der Waals surface area contributed by atoms with Crippen molar-refractivity contribution in [2.75, 3.05) is 13.2 Å². The number of carbonyl (C=O) groups excluding carboxylic acids is 1.